The monoisotopic (exact) mass is 447 g/mol. The van der Waals surface area contributed by atoms with E-state index < -0.39 is 0 Å². The second-order valence-electron chi connectivity index (χ2n) is 7.95. The number of aliphatic hydroxyl groups excluding tert-OH is 1. The molecule has 1 aliphatic heterocycles. The zero-order valence-corrected chi connectivity index (χ0v) is 18.1. The van der Waals surface area contributed by atoms with E-state index in [-0.39, 0.29) is 18.6 Å². The highest BCUT2D eigenvalue weighted by Gasteiger charge is 2.28. The van der Waals surface area contributed by atoms with Crippen LogP contribution in [0.5, 0.6) is 5.75 Å². The van der Waals surface area contributed by atoms with E-state index >= 15 is 0 Å². The Morgan fingerprint density at radius 2 is 2.18 bits per heavy atom. The topological polar surface area (TPSA) is 129 Å². The number of anilines is 1. The Hall–Kier alpha value is -3.79. The maximum atomic E-state index is 12.6. The van der Waals surface area contributed by atoms with Crippen molar-refractivity contribution in [2.75, 3.05) is 31.2 Å². The van der Waals surface area contributed by atoms with Crippen LogP contribution in [0.4, 0.5) is 5.82 Å². The van der Waals surface area contributed by atoms with Crippen LogP contribution in [0.15, 0.2) is 43.0 Å². The molecule has 1 fully saturated rings. The number of hydrogen-bond donors (Lipinski definition) is 3. The van der Waals surface area contributed by atoms with Crippen molar-refractivity contribution >= 4 is 33.8 Å². The van der Waals surface area contributed by atoms with Crippen LogP contribution in [0, 0.1) is 0 Å². The Labute approximate surface area is 190 Å². The number of carbonyl (C=O) groups is 1. The van der Waals surface area contributed by atoms with E-state index in [2.05, 4.69) is 35.1 Å². The van der Waals surface area contributed by atoms with E-state index in [0.717, 1.165) is 36.1 Å². The number of ether oxygens (including phenoxy) is 1. The molecule has 1 aromatic carbocycles. The predicted octanol–water partition coefficient (Wildman–Crippen LogP) is 2.06. The van der Waals surface area contributed by atoms with Gasteiger partial charge in [-0.25, -0.2) is 19.9 Å². The number of pyridine rings is 1. The summed E-state index contributed by atoms with van der Waals surface area (Å²) in [7, 11) is 0. The van der Waals surface area contributed by atoms with Crippen molar-refractivity contribution in [3.63, 3.8) is 0 Å². The first-order valence-electron chi connectivity index (χ1n) is 11.1. The smallest absolute Gasteiger partial charge is 0.270 e. The summed E-state index contributed by atoms with van der Waals surface area (Å²) < 4.78 is 6.29. The van der Waals surface area contributed by atoms with Gasteiger partial charge in [0, 0.05) is 31.1 Å². The van der Waals surface area contributed by atoms with Crippen LogP contribution >= 0.6 is 0 Å². The number of rotatable bonds is 8. The Balaban J connectivity index is 1.38. The fourth-order valence-electron chi connectivity index (χ4n) is 4.19. The molecule has 3 aromatic heterocycles. The van der Waals surface area contributed by atoms with Gasteiger partial charge in [0.05, 0.1) is 17.9 Å². The molecule has 0 spiro atoms. The number of amides is 1. The lowest BCUT2D eigenvalue weighted by Crippen LogP contribution is -2.35. The van der Waals surface area contributed by atoms with E-state index in [1.54, 1.807) is 12.4 Å². The van der Waals surface area contributed by atoms with Crippen LogP contribution in [0.25, 0.3) is 22.1 Å². The largest absolute Gasteiger partial charge is 0.491 e. The van der Waals surface area contributed by atoms with Crippen molar-refractivity contribution in [3.05, 3.63) is 48.7 Å². The molecule has 1 saturated heterocycles. The number of nitrogens with one attached hydrogen (secondary N) is 2. The van der Waals surface area contributed by atoms with Crippen LogP contribution in [-0.2, 0) is 0 Å². The Morgan fingerprint density at radius 1 is 1.27 bits per heavy atom. The average Bonchev–Trinajstić information content (AvgIpc) is 3.52. The molecule has 10 nitrogen and oxygen atoms in total. The Bertz CT molecular complexity index is 1280. The second-order valence-corrected chi connectivity index (χ2v) is 7.95. The van der Waals surface area contributed by atoms with Crippen LogP contribution in [0.3, 0.4) is 0 Å². The highest BCUT2D eigenvalue weighted by Crippen LogP contribution is 2.30. The quantitative estimate of drug-likeness (QED) is 0.350. The van der Waals surface area contributed by atoms with Crippen molar-refractivity contribution in [1.82, 2.24) is 30.2 Å². The number of para-hydroxylation sites is 1. The fraction of sp³-hybridized carbons (Fsp3) is 0.348. The van der Waals surface area contributed by atoms with Gasteiger partial charge in [0.15, 0.2) is 11.5 Å². The number of H-pyrrole nitrogens is 1. The van der Waals surface area contributed by atoms with Gasteiger partial charge >= 0.3 is 0 Å². The van der Waals surface area contributed by atoms with Gasteiger partial charge in [-0.3, -0.25) is 4.79 Å². The van der Waals surface area contributed by atoms with E-state index in [4.69, 9.17) is 9.84 Å². The molecule has 0 aliphatic carbocycles. The van der Waals surface area contributed by atoms with Crippen LogP contribution < -0.4 is 15.0 Å². The summed E-state index contributed by atoms with van der Waals surface area (Å²) in [5.74, 6) is 1.16. The Kier molecular flexibility index (Phi) is 5.99. The molecule has 1 amide bonds. The second kappa shape index (κ2) is 9.37. The van der Waals surface area contributed by atoms with Crippen LogP contribution in [0.1, 0.15) is 29.8 Å². The first-order valence-corrected chi connectivity index (χ1v) is 11.1. The number of imidazole rings is 1. The molecule has 1 atom stereocenters. The lowest BCUT2D eigenvalue weighted by molar-refractivity contribution is 0.0946. The molecule has 10 heteroatoms. The molecule has 0 saturated carbocycles. The van der Waals surface area contributed by atoms with Crippen molar-refractivity contribution in [2.24, 2.45) is 0 Å². The first-order chi connectivity index (χ1) is 16.2. The lowest BCUT2D eigenvalue weighted by Gasteiger charge is -2.26. The van der Waals surface area contributed by atoms with Crippen LogP contribution in [-0.4, -0.2) is 68.3 Å². The molecule has 0 bridgehead atoms. The molecule has 0 radical (unpaired) electrons. The first kappa shape index (κ1) is 21.1. The van der Waals surface area contributed by atoms with Crippen molar-refractivity contribution in [2.45, 2.75) is 25.3 Å². The maximum absolute atomic E-state index is 12.6. The van der Waals surface area contributed by atoms with Crippen LogP contribution in [0.2, 0.25) is 0 Å². The summed E-state index contributed by atoms with van der Waals surface area (Å²) in [6.07, 6.45) is 5.65. The summed E-state index contributed by atoms with van der Waals surface area (Å²) in [6, 6.07) is 9.43. The molecule has 33 heavy (non-hydrogen) atoms. The minimum Gasteiger partial charge on any atom is -0.491 e. The molecule has 1 aliphatic rings. The number of aliphatic hydroxyl groups is 1. The molecular formula is C23H25N7O3. The summed E-state index contributed by atoms with van der Waals surface area (Å²) in [5.41, 5.74) is 2.45. The molecule has 5 rings (SSSR count). The highest BCUT2D eigenvalue weighted by molar-refractivity contribution is 5.97. The van der Waals surface area contributed by atoms with Gasteiger partial charge in [-0.2, -0.15) is 0 Å². The molecular weight excluding hydrogens is 422 g/mol. The number of benzene rings is 1. The van der Waals surface area contributed by atoms with Gasteiger partial charge in [-0.15, -0.1) is 0 Å². The van der Waals surface area contributed by atoms with E-state index in [1.807, 2.05) is 24.3 Å². The number of aromatic amines is 1. The third-order valence-corrected chi connectivity index (χ3v) is 5.81. The molecule has 4 heterocycles. The molecule has 3 N–H and O–H groups in total. The summed E-state index contributed by atoms with van der Waals surface area (Å²) in [6.45, 7) is 1.72. The molecule has 4 aromatic rings. The zero-order valence-electron chi connectivity index (χ0n) is 18.1. The fourth-order valence-corrected chi connectivity index (χ4v) is 4.19. The standard InChI is InChI=1S/C23H25N7O3/c31-10-4-8-24-23(32)18-11-19(16-6-1-2-7-17(16)29-18)33-12-15-5-3-9-30(15)22-20-21(26-13-25-20)27-14-28-22/h1-2,6-7,11,13-15,31H,3-5,8-10,12H2,(H,24,32)(H,25,26,27,28). The van der Waals surface area contributed by atoms with Gasteiger partial charge in [0.25, 0.3) is 5.91 Å². The number of hydrogen-bond acceptors (Lipinski definition) is 8. The van der Waals surface area contributed by atoms with Gasteiger partial charge in [-0.05, 0) is 31.4 Å². The number of nitrogens with zero attached hydrogens (tertiary/aromatic N) is 5. The summed E-state index contributed by atoms with van der Waals surface area (Å²) >= 11 is 0. The third-order valence-electron chi connectivity index (χ3n) is 5.81. The maximum Gasteiger partial charge on any atom is 0.270 e. The third kappa shape index (κ3) is 4.29. The summed E-state index contributed by atoms with van der Waals surface area (Å²) in [4.78, 5) is 35.4. The van der Waals surface area contributed by atoms with Gasteiger partial charge < -0.3 is 25.0 Å². The zero-order chi connectivity index (χ0) is 22.6. The SMILES string of the molecule is O=C(NCCCO)c1cc(OCC2CCCN2c2ncnc3nc[nH]c23)c2ccccc2n1. The van der Waals surface area contributed by atoms with Crippen molar-refractivity contribution in [1.29, 1.82) is 0 Å². The van der Waals surface area contributed by atoms with Crippen molar-refractivity contribution < 1.29 is 14.6 Å². The normalized spacial score (nSPS) is 15.9. The number of carbonyl (C=O) groups excluding carboxylic acids is 1. The van der Waals surface area contributed by atoms with E-state index in [9.17, 15) is 4.79 Å². The van der Waals surface area contributed by atoms with Gasteiger partial charge in [0.1, 0.15) is 29.9 Å². The van der Waals surface area contributed by atoms with E-state index in [1.165, 1.54) is 6.33 Å². The number of aromatic nitrogens is 5. The molecule has 170 valence electrons. The minimum absolute atomic E-state index is 0.0227. The van der Waals surface area contributed by atoms with Gasteiger partial charge in [-0.1, -0.05) is 12.1 Å². The summed E-state index contributed by atoms with van der Waals surface area (Å²) in [5, 5.41) is 12.6. The average molecular weight is 447 g/mol. The number of fused-ring (bicyclic) bond motifs is 2. The van der Waals surface area contributed by atoms with Gasteiger partial charge in [0.2, 0.25) is 0 Å². The highest BCUT2D eigenvalue weighted by atomic mass is 16.5. The molecule has 1 unspecified atom stereocenters. The predicted molar refractivity (Wildman–Crippen MR) is 123 cm³/mol. The van der Waals surface area contributed by atoms with E-state index in [0.29, 0.717) is 42.2 Å². The lowest BCUT2D eigenvalue weighted by atomic mass is 10.1. The van der Waals surface area contributed by atoms with Crippen molar-refractivity contribution in [3.8, 4) is 5.75 Å². The minimum atomic E-state index is -0.288. The Morgan fingerprint density at radius 3 is 3.09 bits per heavy atom.